The minimum absolute atomic E-state index is 0.0281. The molecular weight excluding hydrogens is 491 g/mol. The van der Waals surface area contributed by atoms with E-state index in [2.05, 4.69) is 10.6 Å². The van der Waals surface area contributed by atoms with Gasteiger partial charge in [0.1, 0.15) is 11.8 Å². The van der Waals surface area contributed by atoms with Crippen LogP contribution < -0.4 is 10.6 Å². The Bertz CT molecular complexity index is 1130. The minimum atomic E-state index is -1.14. The number of amides is 2. The van der Waals surface area contributed by atoms with Crippen LogP contribution in [0.25, 0.3) is 0 Å². The number of aliphatic carboxylic acids is 1. The number of carbonyl (C=O) groups excluding carboxylic acids is 3. The summed E-state index contributed by atoms with van der Waals surface area (Å²) in [5.41, 5.74) is 1.04. The summed E-state index contributed by atoms with van der Waals surface area (Å²) in [5, 5.41) is 15.4. The van der Waals surface area contributed by atoms with Gasteiger partial charge in [0, 0.05) is 24.4 Å². The van der Waals surface area contributed by atoms with Crippen molar-refractivity contribution in [3.05, 3.63) is 63.6 Å². The molecule has 3 rings (SSSR count). The molecule has 0 saturated heterocycles. The molecule has 35 heavy (non-hydrogen) atoms. The summed E-state index contributed by atoms with van der Waals surface area (Å²) in [6.45, 7) is 5.50. The van der Waals surface area contributed by atoms with Crippen LogP contribution in [0.4, 0.5) is 5.69 Å². The molecule has 0 aromatic heterocycles. The maximum atomic E-state index is 12.6. The largest absolute Gasteiger partial charge is 0.480 e. The van der Waals surface area contributed by atoms with Crippen molar-refractivity contribution >= 4 is 52.5 Å². The highest BCUT2D eigenvalue weighted by molar-refractivity contribution is 6.40. The lowest BCUT2D eigenvalue weighted by atomic mass is 9.52. The molecule has 1 aliphatic rings. The van der Waals surface area contributed by atoms with E-state index in [-0.39, 0.29) is 57.4 Å². The fourth-order valence-electron chi connectivity index (χ4n) is 4.60. The van der Waals surface area contributed by atoms with Crippen molar-refractivity contribution in [2.24, 2.45) is 17.3 Å². The Kier molecular flexibility index (Phi) is 8.23. The molecule has 2 amide bonds. The first-order valence-electron chi connectivity index (χ1n) is 11.3. The van der Waals surface area contributed by atoms with E-state index in [1.165, 1.54) is 0 Å². The Balaban J connectivity index is 1.58. The molecular formula is C26H28Cl2N2O5. The van der Waals surface area contributed by atoms with Gasteiger partial charge in [0.05, 0.1) is 15.6 Å². The molecule has 0 bridgehead atoms. The molecule has 1 fully saturated rings. The molecule has 2 aromatic carbocycles. The number of carbonyl (C=O) groups is 4. The average molecular weight is 519 g/mol. The van der Waals surface area contributed by atoms with Crippen molar-refractivity contribution in [3.63, 3.8) is 0 Å². The number of benzene rings is 2. The Morgan fingerprint density at radius 3 is 2.17 bits per heavy atom. The second kappa shape index (κ2) is 10.8. The van der Waals surface area contributed by atoms with E-state index in [1.807, 2.05) is 13.8 Å². The third kappa shape index (κ3) is 6.21. The highest BCUT2D eigenvalue weighted by Crippen LogP contribution is 2.53. The van der Waals surface area contributed by atoms with E-state index in [9.17, 15) is 24.3 Å². The highest BCUT2D eigenvalue weighted by Gasteiger charge is 2.50. The number of hydrogen-bond donors (Lipinski definition) is 3. The van der Waals surface area contributed by atoms with E-state index in [1.54, 1.807) is 49.4 Å². The Hall–Kier alpha value is -2.90. The number of carboxylic acid groups (broad SMARTS) is 1. The van der Waals surface area contributed by atoms with Gasteiger partial charge in [-0.2, -0.15) is 0 Å². The second-order valence-corrected chi connectivity index (χ2v) is 10.3. The Morgan fingerprint density at radius 1 is 1.06 bits per heavy atom. The molecule has 3 atom stereocenters. The molecule has 0 spiro atoms. The predicted molar refractivity (Wildman–Crippen MR) is 135 cm³/mol. The summed E-state index contributed by atoms with van der Waals surface area (Å²) in [4.78, 5) is 48.6. The number of rotatable bonds is 9. The number of carboxylic acids is 1. The fourth-order valence-corrected chi connectivity index (χ4v) is 5.17. The molecule has 0 radical (unpaired) electrons. The quantitative estimate of drug-likeness (QED) is 0.432. The van der Waals surface area contributed by atoms with Gasteiger partial charge < -0.3 is 15.7 Å². The van der Waals surface area contributed by atoms with Crippen LogP contribution in [0.2, 0.25) is 10.0 Å². The summed E-state index contributed by atoms with van der Waals surface area (Å²) in [5.74, 6) is -1.87. The van der Waals surface area contributed by atoms with Crippen molar-refractivity contribution in [2.45, 2.75) is 46.1 Å². The zero-order chi connectivity index (χ0) is 25.9. The summed E-state index contributed by atoms with van der Waals surface area (Å²) < 4.78 is 0. The van der Waals surface area contributed by atoms with Crippen LogP contribution in [0, 0.1) is 17.3 Å². The van der Waals surface area contributed by atoms with Crippen LogP contribution in [0.3, 0.4) is 0 Å². The summed E-state index contributed by atoms with van der Waals surface area (Å²) in [6.07, 6.45) is 0.895. The molecule has 0 aliphatic heterocycles. The zero-order valence-electron chi connectivity index (χ0n) is 19.7. The standard InChI is InChI=1S/C26H28Cl2N2O5/c1-14(31)18-12-16(26(18,2)3)13-22(32)30-21(25(34)35)11-15-7-9-17(10-8-15)29-24(33)23-19(27)5-4-6-20(23)28/h4-10,16,18,21H,11-13H2,1-3H3,(H,29,33)(H,30,32)(H,34,35)/t16?,18?,21-/m0/s1. The van der Waals surface area contributed by atoms with Crippen LogP contribution in [0.15, 0.2) is 42.5 Å². The first-order chi connectivity index (χ1) is 16.4. The van der Waals surface area contributed by atoms with Crippen LogP contribution in [-0.4, -0.2) is 34.7 Å². The van der Waals surface area contributed by atoms with Gasteiger partial charge in [-0.25, -0.2) is 4.79 Å². The third-order valence-corrected chi connectivity index (χ3v) is 7.50. The lowest BCUT2D eigenvalue weighted by molar-refractivity contribution is -0.144. The third-order valence-electron chi connectivity index (χ3n) is 6.87. The number of hydrogen-bond acceptors (Lipinski definition) is 4. The number of halogens is 2. The Labute approximate surface area is 214 Å². The number of nitrogens with one attached hydrogen (secondary N) is 2. The molecule has 3 N–H and O–H groups in total. The molecule has 7 nitrogen and oxygen atoms in total. The maximum absolute atomic E-state index is 12.6. The summed E-state index contributed by atoms with van der Waals surface area (Å²) in [7, 11) is 0. The lowest BCUT2D eigenvalue weighted by Crippen LogP contribution is -2.51. The van der Waals surface area contributed by atoms with Crippen molar-refractivity contribution in [3.8, 4) is 0 Å². The maximum Gasteiger partial charge on any atom is 0.326 e. The van der Waals surface area contributed by atoms with Gasteiger partial charge in [-0.1, -0.05) is 55.2 Å². The van der Waals surface area contributed by atoms with Gasteiger partial charge in [-0.15, -0.1) is 0 Å². The van der Waals surface area contributed by atoms with E-state index < -0.39 is 17.9 Å². The van der Waals surface area contributed by atoms with E-state index in [0.29, 0.717) is 17.7 Å². The Morgan fingerprint density at radius 2 is 1.66 bits per heavy atom. The fraction of sp³-hybridized carbons (Fsp3) is 0.385. The number of anilines is 1. The van der Waals surface area contributed by atoms with Crippen LogP contribution in [0.1, 0.15) is 49.5 Å². The number of ketones is 1. The minimum Gasteiger partial charge on any atom is -0.480 e. The second-order valence-electron chi connectivity index (χ2n) is 9.53. The van der Waals surface area contributed by atoms with Crippen molar-refractivity contribution in [1.29, 1.82) is 0 Å². The van der Waals surface area contributed by atoms with Gasteiger partial charge in [0.25, 0.3) is 5.91 Å². The van der Waals surface area contributed by atoms with E-state index in [4.69, 9.17) is 23.2 Å². The van der Waals surface area contributed by atoms with Crippen molar-refractivity contribution in [1.82, 2.24) is 5.32 Å². The van der Waals surface area contributed by atoms with Crippen LogP contribution in [-0.2, 0) is 20.8 Å². The molecule has 186 valence electrons. The van der Waals surface area contributed by atoms with Crippen molar-refractivity contribution < 1.29 is 24.3 Å². The monoisotopic (exact) mass is 518 g/mol. The van der Waals surface area contributed by atoms with Gasteiger partial charge >= 0.3 is 5.97 Å². The zero-order valence-corrected chi connectivity index (χ0v) is 21.2. The lowest BCUT2D eigenvalue weighted by Gasteiger charge is -2.51. The molecule has 2 unspecified atom stereocenters. The topological polar surface area (TPSA) is 113 Å². The van der Waals surface area contributed by atoms with Crippen LogP contribution >= 0.6 is 23.2 Å². The van der Waals surface area contributed by atoms with E-state index >= 15 is 0 Å². The SMILES string of the molecule is CC(=O)C1CC(CC(=O)N[C@@H](Cc2ccc(NC(=O)c3c(Cl)cccc3Cl)cc2)C(=O)O)C1(C)C. The van der Waals surface area contributed by atoms with Crippen molar-refractivity contribution in [2.75, 3.05) is 5.32 Å². The highest BCUT2D eigenvalue weighted by atomic mass is 35.5. The predicted octanol–water partition coefficient (Wildman–Crippen LogP) is 5.00. The average Bonchev–Trinajstić information content (AvgIpc) is 2.76. The molecule has 9 heteroatoms. The van der Waals surface area contributed by atoms with E-state index in [0.717, 1.165) is 0 Å². The molecule has 1 saturated carbocycles. The molecule has 0 heterocycles. The van der Waals surface area contributed by atoms with Gasteiger partial charge in [0.2, 0.25) is 5.91 Å². The summed E-state index contributed by atoms with van der Waals surface area (Å²) in [6, 6.07) is 10.3. The molecule has 1 aliphatic carbocycles. The number of Topliss-reactive ketones (excluding diaryl/α,β-unsaturated/α-hetero) is 1. The van der Waals surface area contributed by atoms with Gasteiger partial charge in [0.15, 0.2) is 0 Å². The van der Waals surface area contributed by atoms with Crippen LogP contribution in [0.5, 0.6) is 0 Å². The first-order valence-corrected chi connectivity index (χ1v) is 12.0. The molecule has 2 aromatic rings. The van der Waals surface area contributed by atoms with Gasteiger partial charge in [-0.05, 0) is 54.5 Å². The summed E-state index contributed by atoms with van der Waals surface area (Å²) >= 11 is 12.1. The first kappa shape index (κ1) is 26.7. The van der Waals surface area contributed by atoms with Gasteiger partial charge in [-0.3, -0.25) is 14.4 Å². The smallest absolute Gasteiger partial charge is 0.326 e. The normalized spacial score (nSPS) is 19.2.